The van der Waals surface area contributed by atoms with Gasteiger partial charge in [-0.25, -0.2) is 9.48 Å². The highest BCUT2D eigenvalue weighted by atomic mass is 35.5. The van der Waals surface area contributed by atoms with Gasteiger partial charge >= 0.3 is 5.97 Å². The lowest BCUT2D eigenvalue weighted by Crippen LogP contribution is -2.02. The van der Waals surface area contributed by atoms with Gasteiger partial charge in [-0.3, -0.25) is 0 Å². The first-order chi connectivity index (χ1) is 9.99. The molecule has 7 heteroatoms. The molecule has 0 amide bonds. The Balaban J connectivity index is 2.40. The molecule has 3 rings (SSSR count). The fourth-order valence-corrected chi connectivity index (χ4v) is 2.85. The molecule has 0 fully saturated rings. The van der Waals surface area contributed by atoms with Crippen LogP contribution in [0.5, 0.6) is 0 Å². The quantitative estimate of drug-likeness (QED) is 0.736. The number of hydrogen-bond donors (Lipinski definition) is 1. The second kappa shape index (κ2) is 5.22. The van der Waals surface area contributed by atoms with Crippen molar-refractivity contribution in [2.75, 3.05) is 0 Å². The van der Waals surface area contributed by atoms with E-state index in [1.165, 1.54) is 4.68 Å². The van der Waals surface area contributed by atoms with Crippen molar-refractivity contribution in [2.24, 2.45) is 0 Å². The van der Waals surface area contributed by atoms with E-state index in [1.54, 1.807) is 36.4 Å². The van der Waals surface area contributed by atoms with Crippen LogP contribution in [0.15, 0.2) is 36.4 Å². The van der Waals surface area contributed by atoms with Crippen molar-refractivity contribution in [2.45, 2.75) is 0 Å². The lowest BCUT2D eigenvalue weighted by atomic mass is 10.2. The summed E-state index contributed by atoms with van der Waals surface area (Å²) in [6.07, 6.45) is 0. The highest BCUT2D eigenvalue weighted by molar-refractivity contribution is 6.37. The number of carboxylic acid groups (broad SMARTS) is 1. The van der Waals surface area contributed by atoms with Gasteiger partial charge in [0.05, 0.1) is 21.2 Å². The molecule has 0 radical (unpaired) electrons. The largest absolute Gasteiger partial charge is 0.476 e. The molecule has 4 nitrogen and oxygen atoms in total. The zero-order chi connectivity index (χ0) is 15.1. The third kappa shape index (κ3) is 2.35. The van der Waals surface area contributed by atoms with E-state index < -0.39 is 5.97 Å². The summed E-state index contributed by atoms with van der Waals surface area (Å²) in [5.74, 6) is -1.13. The van der Waals surface area contributed by atoms with Crippen LogP contribution in [0, 0.1) is 0 Å². The smallest absolute Gasteiger partial charge is 0.357 e. The third-order valence-electron chi connectivity index (χ3n) is 2.99. The zero-order valence-electron chi connectivity index (χ0n) is 10.3. The Bertz CT molecular complexity index is 874. The summed E-state index contributed by atoms with van der Waals surface area (Å²) in [6, 6.07) is 9.85. The highest BCUT2D eigenvalue weighted by Crippen LogP contribution is 2.32. The van der Waals surface area contributed by atoms with Gasteiger partial charge in [-0.05, 0) is 24.3 Å². The maximum atomic E-state index is 11.3. The summed E-state index contributed by atoms with van der Waals surface area (Å²) >= 11 is 18.2. The summed E-state index contributed by atoms with van der Waals surface area (Å²) in [7, 11) is 0. The number of benzene rings is 2. The Morgan fingerprint density at radius 2 is 1.86 bits per heavy atom. The third-order valence-corrected chi connectivity index (χ3v) is 3.84. The van der Waals surface area contributed by atoms with Crippen molar-refractivity contribution in [3.8, 4) is 5.69 Å². The van der Waals surface area contributed by atoms with Crippen LogP contribution in [0.3, 0.4) is 0 Å². The van der Waals surface area contributed by atoms with Gasteiger partial charge in [-0.15, -0.1) is 0 Å². The first-order valence-electron chi connectivity index (χ1n) is 5.85. The zero-order valence-corrected chi connectivity index (χ0v) is 12.6. The predicted octanol–water partition coefficient (Wildman–Crippen LogP) is 4.68. The average Bonchev–Trinajstić information content (AvgIpc) is 2.80. The van der Waals surface area contributed by atoms with Gasteiger partial charge in [0.1, 0.15) is 0 Å². The molecule has 1 aromatic heterocycles. The molecule has 0 saturated heterocycles. The molecule has 1 N–H and O–H groups in total. The van der Waals surface area contributed by atoms with Crippen molar-refractivity contribution >= 4 is 51.7 Å². The monoisotopic (exact) mass is 340 g/mol. The molecule has 0 aliphatic rings. The van der Waals surface area contributed by atoms with Crippen molar-refractivity contribution in [3.63, 3.8) is 0 Å². The second-order valence-corrected chi connectivity index (χ2v) is 5.55. The number of rotatable bonds is 2. The number of fused-ring (bicyclic) bond motifs is 1. The van der Waals surface area contributed by atoms with Gasteiger partial charge in [-0.1, -0.05) is 46.9 Å². The SMILES string of the molecule is O=C(O)c1nn(-c2ccc(Cl)cc2Cl)c2c(Cl)cccc12. The maximum absolute atomic E-state index is 11.3. The summed E-state index contributed by atoms with van der Waals surface area (Å²) in [5.41, 5.74) is 0.908. The van der Waals surface area contributed by atoms with E-state index in [9.17, 15) is 9.90 Å². The average molecular weight is 342 g/mol. The molecule has 1 heterocycles. The van der Waals surface area contributed by atoms with Gasteiger partial charge in [0, 0.05) is 10.4 Å². The van der Waals surface area contributed by atoms with Crippen LogP contribution in [0.4, 0.5) is 0 Å². The van der Waals surface area contributed by atoms with E-state index in [0.717, 1.165) is 0 Å². The summed E-state index contributed by atoms with van der Waals surface area (Å²) in [4.78, 5) is 11.3. The molecule has 2 aromatic carbocycles. The van der Waals surface area contributed by atoms with Crippen LogP contribution in [0.2, 0.25) is 15.1 Å². The summed E-state index contributed by atoms with van der Waals surface area (Å²) in [5, 5.41) is 15.1. The molecule has 0 spiro atoms. The number of carbonyl (C=O) groups is 1. The lowest BCUT2D eigenvalue weighted by molar-refractivity contribution is 0.0692. The van der Waals surface area contributed by atoms with E-state index in [0.29, 0.717) is 31.7 Å². The van der Waals surface area contributed by atoms with E-state index in [1.807, 2.05) is 0 Å². The molecule has 0 aliphatic heterocycles. The fourth-order valence-electron chi connectivity index (χ4n) is 2.11. The standard InChI is InChI=1S/C14H7Cl3N2O2/c15-7-4-5-11(10(17)6-7)19-13-8(2-1-3-9(13)16)12(18-19)14(20)21/h1-6H,(H,20,21). The van der Waals surface area contributed by atoms with Crippen molar-refractivity contribution in [1.82, 2.24) is 9.78 Å². The Labute approximate surface area is 134 Å². The van der Waals surface area contributed by atoms with Gasteiger partial charge in [0.25, 0.3) is 0 Å². The van der Waals surface area contributed by atoms with Crippen LogP contribution in [0.25, 0.3) is 16.6 Å². The first-order valence-corrected chi connectivity index (χ1v) is 6.98. The van der Waals surface area contributed by atoms with Crippen LogP contribution < -0.4 is 0 Å². The number of carboxylic acids is 1. The van der Waals surface area contributed by atoms with Crippen LogP contribution in [-0.4, -0.2) is 20.9 Å². The maximum Gasteiger partial charge on any atom is 0.357 e. The number of hydrogen-bond acceptors (Lipinski definition) is 2. The van der Waals surface area contributed by atoms with Crippen LogP contribution >= 0.6 is 34.8 Å². The Kier molecular flexibility index (Phi) is 3.53. The molecule has 21 heavy (non-hydrogen) atoms. The number of aromatic carboxylic acids is 1. The molecule has 0 unspecified atom stereocenters. The van der Waals surface area contributed by atoms with E-state index in [-0.39, 0.29) is 5.69 Å². The predicted molar refractivity (Wildman–Crippen MR) is 83.1 cm³/mol. The molecule has 3 aromatic rings. The minimum atomic E-state index is -1.13. The second-order valence-electron chi connectivity index (χ2n) is 4.30. The Hall–Kier alpha value is -1.75. The minimum absolute atomic E-state index is 0.0847. The minimum Gasteiger partial charge on any atom is -0.476 e. The highest BCUT2D eigenvalue weighted by Gasteiger charge is 2.20. The Morgan fingerprint density at radius 1 is 1.10 bits per heavy atom. The van der Waals surface area contributed by atoms with Gasteiger partial charge in [-0.2, -0.15) is 5.10 Å². The van der Waals surface area contributed by atoms with Crippen molar-refractivity contribution < 1.29 is 9.90 Å². The number of aromatic nitrogens is 2. The number of para-hydroxylation sites is 1. The first kappa shape index (κ1) is 14.2. The van der Waals surface area contributed by atoms with E-state index in [2.05, 4.69) is 5.10 Å². The van der Waals surface area contributed by atoms with Gasteiger partial charge in [0.2, 0.25) is 0 Å². The fraction of sp³-hybridized carbons (Fsp3) is 0. The molecule has 0 saturated carbocycles. The van der Waals surface area contributed by atoms with Crippen LogP contribution in [-0.2, 0) is 0 Å². The molecular weight excluding hydrogens is 335 g/mol. The molecular formula is C14H7Cl3N2O2. The Morgan fingerprint density at radius 3 is 2.52 bits per heavy atom. The lowest BCUT2D eigenvalue weighted by Gasteiger charge is -2.07. The molecule has 0 aliphatic carbocycles. The molecule has 106 valence electrons. The van der Waals surface area contributed by atoms with Gasteiger partial charge < -0.3 is 5.11 Å². The molecule has 0 bridgehead atoms. The van der Waals surface area contributed by atoms with Gasteiger partial charge in [0.15, 0.2) is 5.69 Å². The van der Waals surface area contributed by atoms with E-state index >= 15 is 0 Å². The normalized spacial score (nSPS) is 11.0. The topological polar surface area (TPSA) is 55.1 Å². The number of nitrogens with zero attached hydrogens (tertiary/aromatic N) is 2. The number of halogens is 3. The summed E-state index contributed by atoms with van der Waals surface area (Å²) in [6.45, 7) is 0. The van der Waals surface area contributed by atoms with Crippen molar-refractivity contribution in [1.29, 1.82) is 0 Å². The summed E-state index contributed by atoms with van der Waals surface area (Å²) < 4.78 is 1.42. The van der Waals surface area contributed by atoms with Crippen molar-refractivity contribution in [3.05, 3.63) is 57.2 Å². The van der Waals surface area contributed by atoms with E-state index in [4.69, 9.17) is 34.8 Å². The molecule has 0 atom stereocenters. The van der Waals surface area contributed by atoms with Crippen LogP contribution in [0.1, 0.15) is 10.5 Å².